The molecule has 0 aromatic rings. The van der Waals surface area contributed by atoms with Gasteiger partial charge in [-0.15, -0.1) is 0 Å². The molecule has 1 rings (SSSR count). The molecule has 0 radical (unpaired) electrons. The van der Waals surface area contributed by atoms with Crippen molar-refractivity contribution in [1.29, 1.82) is 0 Å². The summed E-state index contributed by atoms with van der Waals surface area (Å²) in [6.07, 6.45) is -0.714. The molecule has 0 unspecified atom stereocenters. The Kier molecular flexibility index (Phi) is 7.11. The van der Waals surface area contributed by atoms with E-state index in [0.717, 1.165) is 12.5 Å². The molecule has 1 saturated heterocycles. The molecule has 0 spiro atoms. The minimum absolute atomic E-state index is 0.323. The fraction of sp³-hybridized carbons (Fsp3) is 1.00. The van der Waals surface area contributed by atoms with Gasteiger partial charge in [-0.3, -0.25) is 8.37 Å². The standard InChI is InChI=1S/C8H13Br3O8S2/c1-20(12,13)16-3-5-6(4-17-21(2,14)15)19-7(18-5)8(9,10)11/h5-7H,3-4H2,1-2H3/t5-,6-/m0/s1. The maximum atomic E-state index is 11.0. The molecule has 1 heterocycles. The second-order valence-electron chi connectivity index (χ2n) is 4.20. The van der Waals surface area contributed by atoms with Crippen LogP contribution < -0.4 is 0 Å². The lowest BCUT2D eigenvalue weighted by Crippen LogP contribution is -2.33. The summed E-state index contributed by atoms with van der Waals surface area (Å²) in [5.41, 5.74) is 0. The zero-order chi connectivity index (χ0) is 16.5. The maximum absolute atomic E-state index is 11.0. The molecule has 1 aliphatic heterocycles. The summed E-state index contributed by atoms with van der Waals surface area (Å²) >= 11 is 9.62. The van der Waals surface area contributed by atoms with Gasteiger partial charge in [-0.1, -0.05) is 47.8 Å². The highest BCUT2D eigenvalue weighted by Gasteiger charge is 2.46. The summed E-state index contributed by atoms with van der Waals surface area (Å²) < 4.78 is 63.4. The van der Waals surface area contributed by atoms with E-state index in [1.807, 2.05) is 0 Å². The van der Waals surface area contributed by atoms with E-state index in [1.165, 1.54) is 0 Å². The first-order valence-corrected chi connectivity index (χ1v) is 11.4. The third kappa shape index (κ3) is 8.01. The van der Waals surface area contributed by atoms with Gasteiger partial charge < -0.3 is 9.47 Å². The fourth-order valence-electron chi connectivity index (χ4n) is 1.35. The van der Waals surface area contributed by atoms with Crippen LogP contribution >= 0.6 is 47.8 Å². The predicted octanol–water partition coefficient (Wildman–Crippen LogP) is 0.887. The molecule has 1 fully saturated rings. The summed E-state index contributed by atoms with van der Waals surface area (Å²) in [7, 11) is -7.32. The van der Waals surface area contributed by atoms with Gasteiger partial charge in [0.1, 0.15) is 12.2 Å². The van der Waals surface area contributed by atoms with Gasteiger partial charge in [0.2, 0.25) is 0 Å². The molecule has 126 valence electrons. The summed E-state index contributed by atoms with van der Waals surface area (Å²) in [5, 5.41) is 0. The van der Waals surface area contributed by atoms with Crippen molar-refractivity contribution in [1.82, 2.24) is 0 Å². The predicted molar refractivity (Wildman–Crippen MR) is 84.6 cm³/mol. The van der Waals surface area contributed by atoms with Crippen molar-refractivity contribution in [2.24, 2.45) is 0 Å². The van der Waals surface area contributed by atoms with Crippen LogP contribution in [0.1, 0.15) is 0 Å². The van der Waals surface area contributed by atoms with Crippen LogP contribution in [-0.4, -0.2) is 63.2 Å². The van der Waals surface area contributed by atoms with Crippen LogP contribution in [0.15, 0.2) is 0 Å². The molecular formula is C8H13Br3O8S2. The number of rotatable bonds is 6. The van der Waals surface area contributed by atoms with Crippen LogP contribution in [0.5, 0.6) is 0 Å². The van der Waals surface area contributed by atoms with Gasteiger partial charge >= 0.3 is 0 Å². The highest BCUT2D eigenvalue weighted by molar-refractivity contribution is 9.39. The third-order valence-corrected chi connectivity index (χ3v) is 4.42. The van der Waals surface area contributed by atoms with Gasteiger partial charge in [0, 0.05) is 0 Å². The van der Waals surface area contributed by atoms with E-state index in [-0.39, 0.29) is 13.2 Å². The fourth-order valence-corrected chi connectivity index (χ4v) is 2.76. The molecule has 0 bridgehead atoms. The van der Waals surface area contributed by atoms with Crippen LogP contribution in [0, 0.1) is 0 Å². The minimum atomic E-state index is -3.66. The van der Waals surface area contributed by atoms with E-state index < -0.39 is 40.9 Å². The second kappa shape index (κ2) is 7.38. The number of hydrogen-bond acceptors (Lipinski definition) is 8. The van der Waals surface area contributed by atoms with Crippen molar-refractivity contribution in [3.05, 3.63) is 0 Å². The van der Waals surface area contributed by atoms with Gasteiger partial charge in [0.15, 0.2) is 8.43 Å². The number of ether oxygens (including phenoxy) is 2. The molecular weight excluding hydrogens is 528 g/mol. The first-order valence-electron chi connectivity index (χ1n) is 5.34. The molecule has 2 atom stereocenters. The van der Waals surface area contributed by atoms with Gasteiger partial charge in [-0.2, -0.15) is 16.8 Å². The Morgan fingerprint density at radius 1 is 0.905 bits per heavy atom. The smallest absolute Gasteiger partial charge is 0.264 e. The van der Waals surface area contributed by atoms with Gasteiger partial charge in [-0.25, -0.2) is 0 Å². The van der Waals surface area contributed by atoms with E-state index in [4.69, 9.17) is 9.47 Å². The minimum Gasteiger partial charge on any atom is -0.341 e. The summed E-state index contributed by atoms with van der Waals surface area (Å²) in [6, 6.07) is 0. The van der Waals surface area contributed by atoms with Gasteiger partial charge in [0.05, 0.1) is 25.7 Å². The van der Waals surface area contributed by atoms with Crippen LogP contribution in [0.3, 0.4) is 0 Å². The highest BCUT2D eigenvalue weighted by atomic mass is 80.0. The van der Waals surface area contributed by atoms with Crippen molar-refractivity contribution < 1.29 is 34.7 Å². The molecule has 0 saturated carbocycles. The Morgan fingerprint density at radius 3 is 1.48 bits per heavy atom. The molecule has 8 nitrogen and oxygen atoms in total. The van der Waals surface area contributed by atoms with Crippen LogP contribution in [0.25, 0.3) is 0 Å². The first kappa shape index (κ1) is 20.2. The number of hydrogen-bond donors (Lipinski definition) is 0. The van der Waals surface area contributed by atoms with E-state index >= 15 is 0 Å². The lowest BCUT2D eigenvalue weighted by Gasteiger charge is -2.19. The maximum Gasteiger partial charge on any atom is 0.264 e. The van der Waals surface area contributed by atoms with Crippen LogP contribution in [0.4, 0.5) is 0 Å². The zero-order valence-electron chi connectivity index (χ0n) is 10.9. The molecule has 0 amide bonds. The second-order valence-corrected chi connectivity index (χ2v) is 14.4. The Hall–Kier alpha value is 1.18. The normalized spacial score (nSPS) is 25.4. The molecule has 13 heteroatoms. The zero-order valence-corrected chi connectivity index (χ0v) is 17.3. The Labute approximate surface area is 148 Å². The molecule has 0 aliphatic carbocycles. The summed E-state index contributed by atoms with van der Waals surface area (Å²) in [6.45, 7) is -0.646. The van der Waals surface area contributed by atoms with Crippen molar-refractivity contribution in [3.63, 3.8) is 0 Å². The lowest BCUT2D eigenvalue weighted by atomic mass is 10.2. The monoisotopic (exact) mass is 538 g/mol. The van der Waals surface area contributed by atoms with Crippen molar-refractivity contribution in [3.8, 4) is 0 Å². The van der Waals surface area contributed by atoms with Crippen LogP contribution in [-0.2, 0) is 38.1 Å². The number of halogens is 3. The Balaban J connectivity index is 2.74. The molecule has 0 aromatic heterocycles. The van der Waals surface area contributed by atoms with E-state index in [2.05, 4.69) is 56.2 Å². The van der Waals surface area contributed by atoms with E-state index in [9.17, 15) is 16.8 Å². The van der Waals surface area contributed by atoms with Gasteiger partial charge in [-0.05, 0) is 0 Å². The average Bonchev–Trinajstić information content (AvgIpc) is 2.64. The third-order valence-electron chi connectivity index (χ3n) is 2.17. The van der Waals surface area contributed by atoms with E-state index in [1.54, 1.807) is 0 Å². The largest absolute Gasteiger partial charge is 0.341 e. The molecule has 1 aliphatic rings. The number of alkyl halides is 3. The molecule has 21 heavy (non-hydrogen) atoms. The lowest BCUT2D eigenvalue weighted by molar-refractivity contribution is -0.0613. The molecule has 0 N–H and O–H groups in total. The SMILES string of the molecule is CS(=O)(=O)OC[C@@H]1OC(C(Br)(Br)Br)O[C@H]1COS(C)(=O)=O. The van der Waals surface area contributed by atoms with E-state index in [0.29, 0.717) is 0 Å². The average molecular weight is 541 g/mol. The van der Waals surface area contributed by atoms with Crippen molar-refractivity contribution in [2.75, 3.05) is 25.7 Å². The Morgan fingerprint density at radius 2 is 1.24 bits per heavy atom. The Bertz CT molecular complexity index is 511. The van der Waals surface area contributed by atoms with Crippen molar-refractivity contribution >= 4 is 68.0 Å². The quantitative estimate of drug-likeness (QED) is 0.361. The van der Waals surface area contributed by atoms with Gasteiger partial charge in [0.25, 0.3) is 20.2 Å². The first-order chi connectivity index (χ1) is 9.28. The molecule has 0 aromatic carbocycles. The topological polar surface area (TPSA) is 105 Å². The van der Waals surface area contributed by atoms with Crippen molar-refractivity contribution in [2.45, 2.75) is 20.6 Å². The summed E-state index contributed by atoms with van der Waals surface area (Å²) in [4.78, 5) is 0. The highest BCUT2D eigenvalue weighted by Crippen LogP contribution is 2.43. The summed E-state index contributed by atoms with van der Waals surface area (Å²) in [5.74, 6) is 0. The van der Waals surface area contributed by atoms with Crippen LogP contribution in [0.2, 0.25) is 0 Å².